The highest BCUT2D eigenvalue weighted by Crippen LogP contribution is 2.33. The van der Waals surface area contributed by atoms with Gasteiger partial charge < -0.3 is 10.6 Å². The lowest BCUT2D eigenvalue weighted by atomic mass is 9.89. The lowest BCUT2D eigenvalue weighted by Gasteiger charge is -2.25. The third-order valence-electron chi connectivity index (χ3n) is 4.78. The number of hydrogen-bond donors (Lipinski definition) is 2. The van der Waals surface area contributed by atoms with E-state index in [0.29, 0.717) is 17.8 Å². The van der Waals surface area contributed by atoms with Crippen LogP contribution < -0.4 is 10.6 Å². The average molecular weight is 358 g/mol. The van der Waals surface area contributed by atoms with Crippen molar-refractivity contribution in [3.63, 3.8) is 0 Å². The van der Waals surface area contributed by atoms with E-state index in [0.717, 1.165) is 29.9 Å². The Bertz CT molecular complexity index is 859. The molecule has 0 unspecified atom stereocenters. The van der Waals surface area contributed by atoms with Crippen LogP contribution in [0, 0.1) is 19.7 Å². The van der Waals surface area contributed by atoms with Crippen LogP contribution >= 0.6 is 0 Å². The highest BCUT2D eigenvalue weighted by Gasteiger charge is 2.31. The lowest BCUT2D eigenvalue weighted by molar-refractivity contribution is -0.126. The van der Waals surface area contributed by atoms with Crippen LogP contribution in [0.25, 0.3) is 0 Å². The van der Waals surface area contributed by atoms with Gasteiger partial charge in [0.25, 0.3) is 0 Å². The monoisotopic (exact) mass is 358 g/mol. The van der Waals surface area contributed by atoms with Gasteiger partial charge in [-0.3, -0.25) is 14.3 Å². The molecule has 7 heteroatoms. The summed E-state index contributed by atoms with van der Waals surface area (Å²) in [5, 5.41) is 10.1. The third-order valence-corrected chi connectivity index (χ3v) is 4.78. The van der Waals surface area contributed by atoms with Gasteiger partial charge in [0.1, 0.15) is 5.82 Å². The molecule has 0 aliphatic carbocycles. The highest BCUT2D eigenvalue weighted by atomic mass is 19.1. The minimum Gasteiger partial charge on any atom is -0.351 e. The smallest absolute Gasteiger partial charge is 0.228 e. The second-order valence-corrected chi connectivity index (χ2v) is 6.63. The van der Waals surface area contributed by atoms with Crippen LogP contribution in [0.3, 0.4) is 0 Å². The minimum absolute atomic E-state index is 0.00927. The van der Waals surface area contributed by atoms with Crippen LogP contribution in [0.4, 0.5) is 10.1 Å². The van der Waals surface area contributed by atoms with Gasteiger partial charge in [0.05, 0.1) is 11.6 Å². The summed E-state index contributed by atoms with van der Waals surface area (Å²) in [5.41, 5.74) is 3.89. The number of nitrogens with zero attached hydrogens (tertiary/aromatic N) is 2. The Hall–Kier alpha value is -2.70. The SMILES string of the molecule is CCCn1nc(C)c(CNC(=O)[C@@H]2CC(=O)Nc3ccc(F)cc32)c1C. The molecule has 0 saturated carbocycles. The standard InChI is InChI=1S/C19H23FN4O2/c1-4-7-24-12(3)16(11(2)23-24)10-21-19(26)15-9-18(25)22-17-6-5-13(20)8-14(15)17/h5-6,8,15H,4,7,9-10H2,1-3H3,(H,21,26)(H,22,25)/t15-/m1/s1. The molecule has 2 aromatic rings. The van der Waals surface area contributed by atoms with E-state index in [1.165, 1.54) is 18.2 Å². The molecule has 0 fully saturated rings. The Morgan fingerprint density at radius 3 is 2.92 bits per heavy atom. The first-order valence-corrected chi connectivity index (χ1v) is 8.80. The van der Waals surface area contributed by atoms with Crippen molar-refractivity contribution in [2.75, 3.05) is 5.32 Å². The molecular formula is C19H23FN4O2. The number of halogens is 1. The number of benzene rings is 1. The van der Waals surface area contributed by atoms with Gasteiger partial charge >= 0.3 is 0 Å². The summed E-state index contributed by atoms with van der Waals surface area (Å²) >= 11 is 0. The molecule has 6 nitrogen and oxygen atoms in total. The second-order valence-electron chi connectivity index (χ2n) is 6.63. The van der Waals surface area contributed by atoms with Crippen molar-refractivity contribution < 1.29 is 14.0 Å². The normalized spacial score (nSPS) is 16.2. The van der Waals surface area contributed by atoms with Gasteiger partial charge in [0.15, 0.2) is 0 Å². The summed E-state index contributed by atoms with van der Waals surface area (Å²) in [6, 6.07) is 4.08. The molecule has 0 radical (unpaired) electrons. The summed E-state index contributed by atoms with van der Waals surface area (Å²) in [6.45, 7) is 7.15. The fourth-order valence-electron chi connectivity index (χ4n) is 3.38. The predicted molar refractivity (Wildman–Crippen MR) is 96.2 cm³/mol. The van der Waals surface area contributed by atoms with E-state index in [2.05, 4.69) is 22.7 Å². The molecule has 1 aliphatic rings. The molecule has 1 aromatic carbocycles. The molecule has 1 atom stereocenters. The van der Waals surface area contributed by atoms with Gasteiger partial charge in [-0.15, -0.1) is 0 Å². The molecular weight excluding hydrogens is 335 g/mol. The molecule has 2 amide bonds. The summed E-state index contributed by atoms with van der Waals surface area (Å²) in [5.74, 6) is -1.65. The van der Waals surface area contributed by atoms with Crippen molar-refractivity contribution in [2.24, 2.45) is 0 Å². The molecule has 0 spiro atoms. The second kappa shape index (κ2) is 7.27. The predicted octanol–water partition coefficient (Wildman–Crippen LogP) is 2.79. The number of aryl methyl sites for hydroxylation is 2. The van der Waals surface area contributed by atoms with E-state index >= 15 is 0 Å². The first-order chi connectivity index (χ1) is 12.4. The minimum atomic E-state index is -0.694. The topological polar surface area (TPSA) is 76.0 Å². The fraction of sp³-hybridized carbons (Fsp3) is 0.421. The maximum absolute atomic E-state index is 13.6. The molecule has 138 valence electrons. The van der Waals surface area contributed by atoms with E-state index in [1.807, 2.05) is 18.5 Å². The number of carbonyl (C=O) groups excluding carboxylic acids is 2. The van der Waals surface area contributed by atoms with Crippen molar-refractivity contribution in [3.05, 3.63) is 46.5 Å². The number of carbonyl (C=O) groups is 2. The maximum atomic E-state index is 13.6. The summed E-state index contributed by atoms with van der Waals surface area (Å²) in [7, 11) is 0. The molecule has 26 heavy (non-hydrogen) atoms. The van der Waals surface area contributed by atoms with Crippen molar-refractivity contribution in [1.82, 2.24) is 15.1 Å². The van der Waals surface area contributed by atoms with Crippen LogP contribution in [0.15, 0.2) is 18.2 Å². The third kappa shape index (κ3) is 3.47. The molecule has 0 saturated heterocycles. The van der Waals surface area contributed by atoms with E-state index in [-0.39, 0.29) is 18.2 Å². The van der Waals surface area contributed by atoms with Gasteiger partial charge in [-0.05, 0) is 44.0 Å². The van der Waals surface area contributed by atoms with Crippen LogP contribution in [-0.4, -0.2) is 21.6 Å². The van der Waals surface area contributed by atoms with E-state index in [4.69, 9.17) is 0 Å². The number of fused-ring (bicyclic) bond motifs is 1. The van der Waals surface area contributed by atoms with Crippen molar-refractivity contribution in [2.45, 2.75) is 52.6 Å². The van der Waals surface area contributed by atoms with Gasteiger partial charge in [0, 0.05) is 36.5 Å². The Kier molecular flexibility index (Phi) is 5.06. The van der Waals surface area contributed by atoms with E-state index < -0.39 is 11.7 Å². The average Bonchev–Trinajstić information content (AvgIpc) is 2.86. The Labute approximate surface area is 151 Å². The fourth-order valence-corrected chi connectivity index (χ4v) is 3.38. The Morgan fingerprint density at radius 2 is 2.19 bits per heavy atom. The first kappa shape index (κ1) is 18.1. The number of amides is 2. The highest BCUT2D eigenvalue weighted by molar-refractivity contribution is 6.01. The zero-order chi connectivity index (χ0) is 18.8. The molecule has 3 rings (SSSR count). The molecule has 0 bridgehead atoms. The largest absolute Gasteiger partial charge is 0.351 e. The quantitative estimate of drug-likeness (QED) is 0.863. The number of rotatable bonds is 5. The summed E-state index contributed by atoms with van der Waals surface area (Å²) in [6.07, 6.45) is 0.989. The number of aromatic nitrogens is 2. The van der Waals surface area contributed by atoms with Crippen LogP contribution in [0.1, 0.15) is 48.2 Å². The lowest BCUT2D eigenvalue weighted by Crippen LogP contribution is -2.35. The molecule has 2 N–H and O–H groups in total. The van der Waals surface area contributed by atoms with E-state index in [9.17, 15) is 14.0 Å². The number of nitrogens with one attached hydrogen (secondary N) is 2. The molecule has 2 heterocycles. The number of anilines is 1. The first-order valence-electron chi connectivity index (χ1n) is 8.80. The Morgan fingerprint density at radius 1 is 1.42 bits per heavy atom. The van der Waals surface area contributed by atoms with Crippen molar-refractivity contribution in [1.29, 1.82) is 0 Å². The maximum Gasteiger partial charge on any atom is 0.228 e. The van der Waals surface area contributed by atoms with Gasteiger partial charge in [-0.2, -0.15) is 5.10 Å². The molecule has 1 aliphatic heterocycles. The summed E-state index contributed by atoms with van der Waals surface area (Å²) in [4.78, 5) is 24.6. The van der Waals surface area contributed by atoms with Gasteiger partial charge in [-0.1, -0.05) is 6.92 Å². The van der Waals surface area contributed by atoms with Crippen LogP contribution in [0.5, 0.6) is 0 Å². The summed E-state index contributed by atoms with van der Waals surface area (Å²) < 4.78 is 15.5. The van der Waals surface area contributed by atoms with Crippen molar-refractivity contribution in [3.8, 4) is 0 Å². The molecule has 1 aromatic heterocycles. The van der Waals surface area contributed by atoms with Crippen molar-refractivity contribution >= 4 is 17.5 Å². The number of hydrogen-bond acceptors (Lipinski definition) is 3. The zero-order valence-corrected chi connectivity index (χ0v) is 15.2. The van der Waals surface area contributed by atoms with E-state index in [1.54, 1.807) is 0 Å². The van der Waals surface area contributed by atoms with Crippen LogP contribution in [-0.2, 0) is 22.7 Å². The Balaban J connectivity index is 1.77. The van der Waals surface area contributed by atoms with Gasteiger partial charge in [0.2, 0.25) is 11.8 Å². The van der Waals surface area contributed by atoms with Gasteiger partial charge in [-0.25, -0.2) is 4.39 Å². The zero-order valence-electron chi connectivity index (χ0n) is 15.2. The van der Waals surface area contributed by atoms with Crippen LogP contribution in [0.2, 0.25) is 0 Å².